The van der Waals surface area contributed by atoms with E-state index >= 15 is 0 Å². The number of furan rings is 1. The number of hydrogen-bond acceptors (Lipinski definition) is 4. The maximum atomic E-state index is 11.9. The maximum absolute atomic E-state index is 11.9. The van der Waals surface area contributed by atoms with Gasteiger partial charge in [-0.1, -0.05) is 5.16 Å². The van der Waals surface area contributed by atoms with Crippen LogP contribution in [0.1, 0.15) is 29.0 Å². The van der Waals surface area contributed by atoms with Gasteiger partial charge in [-0.25, -0.2) is 0 Å². The van der Waals surface area contributed by atoms with Crippen LogP contribution in [0.3, 0.4) is 0 Å². The molecule has 17 heavy (non-hydrogen) atoms. The van der Waals surface area contributed by atoms with Gasteiger partial charge < -0.3 is 20.7 Å². The lowest BCUT2D eigenvalue weighted by molar-refractivity contribution is 0.0914. The first-order valence-electron chi connectivity index (χ1n) is 5.46. The van der Waals surface area contributed by atoms with Gasteiger partial charge in [-0.2, -0.15) is 0 Å². The van der Waals surface area contributed by atoms with E-state index in [0.29, 0.717) is 0 Å². The maximum Gasteiger partial charge on any atom is 0.287 e. The Kier molecular flexibility index (Phi) is 3.03. The molecule has 92 valence electrons. The molecule has 0 aromatic carbocycles. The van der Waals surface area contributed by atoms with E-state index in [0.717, 1.165) is 18.4 Å². The number of rotatable bonds is 4. The minimum atomic E-state index is -0.419. The zero-order valence-electron chi connectivity index (χ0n) is 9.51. The Morgan fingerprint density at radius 3 is 2.88 bits per heavy atom. The van der Waals surface area contributed by atoms with Gasteiger partial charge in [-0.3, -0.25) is 4.79 Å². The molecule has 1 aliphatic rings. The number of hydrogen-bond donors (Lipinski definition) is 3. The van der Waals surface area contributed by atoms with Gasteiger partial charge in [-0.05, 0) is 31.7 Å². The largest absolute Gasteiger partial charge is 0.459 e. The molecule has 0 saturated heterocycles. The number of amides is 1. The number of carbonyl (C=O) groups is 1. The Bertz CT molecular complexity index is 449. The van der Waals surface area contributed by atoms with Crippen molar-refractivity contribution in [3.8, 4) is 0 Å². The normalized spacial score (nSPS) is 17.8. The molecule has 1 aliphatic carbocycles. The number of nitrogens with two attached hydrogens (primary N) is 1. The Morgan fingerprint density at radius 1 is 1.71 bits per heavy atom. The molecule has 4 N–H and O–H groups in total. The Labute approximate surface area is 98.5 Å². The van der Waals surface area contributed by atoms with E-state index in [1.54, 1.807) is 13.0 Å². The van der Waals surface area contributed by atoms with Crippen molar-refractivity contribution in [2.24, 2.45) is 16.8 Å². The molecule has 1 aromatic heterocycles. The van der Waals surface area contributed by atoms with Crippen molar-refractivity contribution in [3.05, 3.63) is 23.7 Å². The zero-order valence-corrected chi connectivity index (χ0v) is 9.51. The lowest BCUT2D eigenvalue weighted by Gasteiger charge is -2.15. The highest BCUT2D eigenvalue weighted by molar-refractivity contribution is 5.97. The Morgan fingerprint density at radius 2 is 2.41 bits per heavy atom. The SMILES string of the molecule is Cc1ccoc1C(=O)NC(C(N)=NO)C1CC1. The van der Waals surface area contributed by atoms with Gasteiger partial charge in [-0.15, -0.1) is 0 Å². The summed E-state index contributed by atoms with van der Waals surface area (Å²) in [6, 6.07) is 1.29. The van der Waals surface area contributed by atoms with E-state index in [-0.39, 0.29) is 23.4 Å². The van der Waals surface area contributed by atoms with Crippen LogP contribution < -0.4 is 11.1 Å². The van der Waals surface area contributed by atoms with Crippen molar-refractivity contribution in [1.82, 2.24) is 5.32 Å². The summed E-state index contributed by atoms with van der Waals surface area (Å²) in [5.41, 5.74) is 6.31. The molecule has 1 unspecified atom stereocenters. The second kappa shape index (κ2) is 4.48. The van der Waals surface area contributed by atoms with Crippen LogP contribution in [-0.4, -0.2) is 23.0 Å². The van der Waals surface area contributed by atoms with Crippen LogP contribution >= 0.6 is 0 Å². The van der Waals surface area contributed by atoms with Crippen LogP contribution in [0.15, 0.2) is 21.9 Å². The Balaban J connectivity index is 2.08. The second-order valence-electron chi connectivity index (χ2n) is 4.25. The molecule has 1 atom stereocenters. The topological polar surface area (TPSA) is 101 Å². The number of oxime groups is 1. The number of nitrogens with one attached hydrogen (secondary N) is 1. The smallest absolute Gasteiger partial charge is 0.287 e. The molecule has 6 nitrogen and oxygen atoms in total. The first-order valence-corrected chi connectivity index (χ1v) is 5.46. The van der Waals surface area contributed by atoms with Crippen LogP contribution in [0.4, 0.5) is 0 Å². The number of aryl methyl sites for hydroxylation is 1. The summed E-state index contributed by atoms with van der Waals surface area (Å²) in [7, 11) is 0. The molecule has 1 heterocycles. The molecule has 1 saturated carbocycles. The van der Waals surface area contributed by atoms with Crippen LogP contribution in [-0.2, 0) is 0 Å². The van der Waals surface area contributed by atoms with E-state index in [1.165, 1.54) is 6.26 Å². The van der Waals surface area contributed by atoms with Gasteiger partial charge >= 0.3 is 0 Å². The summed E-state index contributed by atoms with van der Waals surface area (Å²) >= 11 is 0. The summed E-state index contributed by atoms with van der Waals surface area (Å²) in [6.45, 7) is 1.79. The monoisotopic (exact) mass is 237 g/mol. The third-order valence-corrected chi connectivity index (χ3v) is 2.88. The van der Waals surface area contributed by atoms with Crippen molar-refractivity contribution < 1.29 is 14.4 Å². The van der Waals surface area contributed by atoms with Gasteiger partial charge in [0.15, 0.2) is 11.6 Å². The van der Waals surface area contributed by atoms with E-state index < -0.39 is 6.04 Å². The number of amidine groups is 1. The molecule has 1 amide bonds. The summed E-state index contributed by atoms with van der Waals surface area (Å²) in [4.78, 5) is 11.9. The van der Waals surface area contributed by atoms with Crippen LogP contribution in [0.25, 0.3) is 0 Å². The van der Waals surface area contributed by atoms with Gasteiger partial charge in [0.05, 0.1) is 12.3 Å². The predicted octanol–water partition coefficient (Wildman–Crippen LogP) is 0.843. The summed E-state index contributed by atoms with van der Waals surface area (Å²) < 4.78 is 5.09. The highest BCUT2D eigenvalue weighted by atomic mass is 16.4. The third kappa shape index (κ3) is 2.41. The molecule has 1 aromatic rings. The summed E-state index contributed by atoms with van der Waals surface area (Å²) in [6.07, 6.45) is 3.40. The van der Waals surface area contributed by atoms with Crippen LogP contribution in [0, 0.1) is 12.8 Å². The lowest BCUT2D eigenvalue weighted by atomic mass is 10.1. The molecular formula is C11H15N3O3. The van der Waals surface area contributed by atoms with Crippen molar-refractivity contribution in [3.63, 3.8) is 0 Å². The summed E-state index contributed by atoms with van der Waals surface area (Å²) in [5, 5.41) is 14.3. The van der Waals surface area contributed by atoms with E-state index in [2.05, 4.69) is 10.5 Å². The number of nitrogens with zero attached hydrogens (tertiary/aromatic N) is 1. The minimum Gasteiger partial charge on any atom is -0.459 e. The zero-order chi connectivity index (χ0) is 12.4. The van der Waals surface area contributed by atoms with Crippen molar-refractivity contribution in [1.29, 1.82) is 0 Å². The minimum absolute atomic E-state index is 0.0325. The number of carbonyl (C=O) groups excluding carboxylic acids is 1. The standard InChI is InChI=1S/C11H15N3O3/c1-6-4-5-17-9(6)11(15)13-8(7-2-3-7)10(12)14-16/h4-5,7-8,16H,2-3H2,1H3,(H2,12,14)(H,13,15). The van der Waals surface area contributed by atoms with Crippen molar-refractivity contribution >= 4 is 11.7 Å². The predicted molar refractivity (Wildman–Crippen MR) is 60.8 cm³/mol. The molecule has 0 aliphatic heterocycles. The quantitative estimate of drug-likeness (QED) is 0.312. The van der Waals surface area contributed by atoms with E-state index in [1.807, 2.05) is 0 Å². The highest BCUT2D eigenvalue weighted by Gasteiger charge is 2.36. The van der Waals surface area contributed by atoms with E-state index in [9.17, 15) is 4.79 Å². The summed E-state index contributed by atoms with van der Waals surface area (Å²) in [5.74, 6) is 0.215. The van der Waals surface area contributed by atoms with Gasteiger partial charge in [0.1, 0.15) is 0 Å². The first-order chi connectivity index (χ1) is 8.13. The van der Waals surface area contributed by atoms with Crippen molar-refractivity contribution in [2.45, 2.75) is 25.8 Å². The molecule has 6 heteroatoms. The molecule has 0 radical (unpaired) electrons. The van der Waals surface area contributed by atoms with Gasteiger partial charge in [0.2, 0.25) is 0 Å². The fraction of sp³-hybridized carbons (Fsp3) is 0.455. The molecule has 0 bridgehead atoms. The van der Waals surface area contributed by atoms with E-state index in [4.69, 9.17) is 15.4 Å². The highest BCUT2D eigenvalue weighted by Crippen LogP contribution is 2.32. The van der Waals surface area contributed by atoms with Gasteiger partial charge in [0.25, 0.3) is 5.91 Å². The lowest BCUT2D eigenvalue weighted by Crippen LogP contribution is -2.46. The van der Waals surface area contributed by atoms with Gasteiger partial charge in [0, 0.05) is 5.56 Å². The Hall–Kier alpha value is -1.98. The average molecular weight is 237 g/mol. The molecular weight excluding hydrogens is 222 g/mol. The second-order valence-corrected chi connectivity index (χ2v) is 4.25. The third-order valence-electron chi connectivity index (χ3n) is 2.88. The van der Waals surface area contributed by atoms with Crippen LogP contribution in [0.2, 0.25) is 0 Å². The van der Waals surface area contributed by atoms with Crippen molar-refractivity contribution in [2.75, 3.05) is 0 Å². The fourth-order valence-electron chi connectivity index (χ4n) is 1.74. The molecule has 1 fully saturated rings. The molecule has 0 spiro atoms. The molecule has 2 rings (SSSR count). The average Bonchev–Trinajstić information content (AvgIpc) is 3.07. The fourth-order valence-corrected chi connectivity index (χ4v) is 1.74. The first kappa shape index (κ1) is 11.5. The van der Waals surface area contributed by atoms with Crippen LogP contribution in [0.5, 0.6) is 0 Å².